The van der Waals surface area contributed by atoms with Gasteiger partial charge in [0.05, 0.1) is 6.54 Å². The highest BCUT2D eigenvalue weighted by atomic mass is 15.2. The number of fused-ring (bicyclic) bond motifs is 1. The molecule has 0 amide bonds. The molecular formula is C14H20N4. The number of guanidine groups is 1. The molecule has 0 aliphatic rings. The van der Waals surface area contributed by atoms with Crippen molar-refractivity contribution >= 4 is 16.9 Å². The van der Waals surface area contributed by atoms with Crippen molar-refractivity contribution in [3.63, 3.8) is 0 Å². The van der Waals surface area contributed by atoms with Gasteiger partial charge in [0.2, 0.25) is 0 Å². The number of hydrogen-bond donors (Lipinski definition) is 3. The minimum Gasteiger partial charge on any atom is -0.357 e. The minimum absolute atomic E-state index is 0.748. The summed E-state index contributed by atoms with van der Waals surface area (Å²) in [4.78, 5) is 7.56. The van der Waals surface area contributed by atoms with Crippen LogP contribution < -0.4 is 10.6 Å². The van der Waals surface area contributed by atoms with Crippen LogP contribution in [0.5, 0.6) is 0 Å². The summed E-state index contributed by atoms with van der Waals surface area (Å²) in [5.41, 5.74) is 2.33. The first-order valence-corrected chi connectivity index (χ1v) is 6.34. The van der Waals surface area contributed by atoms with Gasteiger partial charge < -0.3 is 15.6 Å². The van der Waals surface area contributed by atoms with Crippen molar-refractivity contribution in [1.82, 2.24) is 15.6 Å². The Hall–Kier alpha value is -1.97. The summed E-state index contributed by atoms with van der Waals surface area (Å²) in [6, 6.07) is 10.4. The van der Waals surface area contributed by atoms with Crippen LogP contribution in [0.4, 0.5) is 0 Å². The van der Waals surface area contributed by atoms with Crippen LogP contribution in [-0.4, -0.2) is 24.5 Å². The number of aromatic nitrogens is 1. The van der Waals surface area contributed by atoms with E-state index >= 15 is 0 Å². The maximum atomic E-state index is 4.18. The highest BCUT2D eigenvalue weighted by molar-refractivity contribution is 5.81. The Labute approximate surface area is 108 Å². The van der Waals surface area contributed by atoms with Crippen molar-refractivity contribution in [2.45, 2.75) is 19.9 Å². The van der Waals surface area contributed by atoms with E-state index in [4.69, 9.17) is 0 Å². The van der Waals surface area contributed by atoms with Crippen LogP contribution in [0.3, 0.4) is 0 Å². The third-order valence-corrected chi connectivity index (χ3v) is 2.80. The summed E-state index contributed by atoms with van der Waals surface area (Å²) in [7, 11) is 1.79. The van der Waals surface area contributed by atoms with Crippen LogP contribution in [0.15, 0.2) is 35.3 Å². The largest absolute Gasteiger partial charge is 0.357 e. The second-order valence-corrected chi connectivity index (χ2v) is 4.23. The van der Waals surface area contributed by atoms with Gasteiger partial charge in [-0.3, -0.25) is 4.99 Å². The molecule has 4 heteroatoms. The smallest absolute Gasteiger partial charge is 0.191 e. The second-order valence-electron chi connectivity index (χ2n) is 4.23. The van der Waals surface area contributed by atoms with Gasteiger partial charge in [-0.25, -0.2) is 0 Å². The fourth-order valence-electron chi connectivity index (χ4n) is 1.87. The van der Waals surface area contributed by atoms with Gasteiger partial charge in [0.25, 0.3) is 0 Å². The van der Waals surface area contributed by atoms with Crippen molar-refractivity contribution < 1.29 is 0 Å². The quantitative estimate of drug-likeness (QED) is 0.570. The average Bonchev–Trinajstić information content (AvgIpc) is 2.81. The molecule has 3 N–H and O–H groups in total. The Morgan fingerprint density at radius 2 is 2.11 bits per heavy atom. The normalized spacial score (nSPS) is 11.8. The molecule has 0 atom stereocenters. The molecule has 0 spiro atoms. The Kier molecular flexibility index (Phi) is 4.23. The number of aliphatic imine (C=N–C) groups is 1. The van der Waals surface area contributed by atoms with Crippen molar-refractivity contribution in [3.05, 3.63) is 36.0 Å². The van der Waals surface area contributed by atoms with Crippen LogP contribution in [0, 0.1) is 0 Å². The maximum absolute atomic E-state index is 4.18. The molecule has 1 aromatic carbocycles. The monoisotopic (exact) mass is 244 g/mol. The van der Waals surface area contributed by atoms with E-state index in [0.29, 0.717) is 0 Å². The lowest BCUT2D eigenvalue weighted by Crippen LogP contribution is -2.37. The zero-order valence-corrected chi connectivity index (χ0v) is 11.0. The molecular weight excluding hydrogens is 224 g/mol. The van der Waals surface area contributed by atoms with Gasteiger partial charge in [-0.2, -0.15) is 0 Å². The summed E-state index contributed by atoms with van der Waals surface area (Å²) in [6.45, 7) is 3.82. The molecule has 0 fully saturated rings. The molecule has 2 aromatic rings. The molecule has 0 radical (unpaired) electrons. The van der Waals surface area contributed by atoms with E-state index < -0.39 is 0 Å². The van der Waals surface area contributed by atoms with Gasteiger partial charge in [-0.05, 0) is 23.9 Å². The highest BCUT2D eigenvalue weighted by Gasteiger charge is 2.01. The first-order valence-electron chi connectivity index (χ1n) is 6.34. The molecule has 0 aliphatic carbocycles. The minimum atomic E-state index is 0.748. The van der Waals surface area contributed by atoms with E-state index in [1.807, 2.05) is 6.07 Å². The Bertz CT molecular complexity index is 494. The number of para-hydroxylation sites is 1. The van der Waals surface area contributed by atoms with Crippen LogP contribution in [0.2, 0.25) is 0 Å². The van der Waals surface area contributed by atoms with Gasteiger partial charge in [0.15, 0.2) is 5.96 Å². The summed E-state index contributed by atoms with van der Waals surface area (Å²) in [6.07, 6.45) is 1.09. The van der Waals surface area contributed by atoms with E-state index in [1.54, 1.807) is 7.05 Å². The SMILES string of the molecule is CCCNC(=NC)NCc1cc2ccccc2[nH]1. The van der Waals surface area contributed by atoms with Gasteiger partial charge in [-0.1, -0.05) is 25.1 Å². The van der Waals surface area contributed by atoms with E-state index in [2.05, 4.69) is 51.8 Å². The molecule has 0 saturated heterocycles. The van der Waals surface area contributed by atoms with Gasteiger partial charge in [0, 0.05) is 24.8 Å². The molecule has 96 valence electrons. The zero-order chi connectivity index (χ0) is 12.8. The van der Waals surface area contributed by atoms with Gasteiger partial charge in [-0.15, -0.1) is 0 Å². The molecule has 1 heterocycles. The number of rotatable bonds is 4. The number of benzene rings is 1. The molecule has 0 saturated carbocycles. The lowest BCUT2D eigenvalue weighted by Gasteiger charge is -2.09. The molecule has 0 unspecified atom stereocenters. The predicted molar refractivity (Wildman–Crippen MR) is 76.8 cm³/mol. The van der Waals surface area contributed by atoms with E-state index in [0.717, 1.165) is 31.2 Å². The van der Waals surface area contributed by atoms with Crippen molar-refractivity contribution in [1.29, 1.82) is 0 Å². The molecule has 1 aromatic heterocycles. The lowest BCUT2D eigenvalue weighted by atomic mass is 10.2. The highest BCUT2D eigenvalue weighted by Crippen LogP contribution is 2.14. The molecule has 2 rings (SSSR count). The zero-order valence-electron chi connectivity index (χ0n) is 11.0. The number of hydrogen-bond acceptors (Lipinski definition) is 1. The average molecular weight is 244 g/mol. The number of H-pyrrole nitrogens is 1. The fourth-order valence-corrected chi connectivity index (χ4v) is 1.87. The third kappa shape index (κ3) is 3.03. The van der Waals surface area contributed by atoms with Gasteiger partial charge in [0.1, 0.15) is 0 Å². The maximum Gasteiger partial charge on any atom is 0.191 e. The lowest BCUT2D eigenvalue weighted by molar-refractivity contribution is 0.775. The van der Waals surface area contributed by atoms with Crippen LogP contribution in [0.25, 0.3) is 10.9 Å². The van der Waals surface area contributed by atoms with E-state index in [1.165, 1.54) is 10.9 Å². The van der Waals surface area contributed by atoms with Crippen LogP contribution in [-0.2, 0) is 6.54 Å². The van der Waals surface area contributed by atoms with Crippen LogP contribution in [0.1, 0.15) is 19.0 Å². The Balaban J connectivity index is 1.97. The van der Waals surface area contributed by atoms with Crippen molar-refractivity contribution in [3.8, 4) is 0 Å². The van der Waals surface area contributed by atoms with Crippen molar-refractivity contribution in [2.24, 2.45) is 4.99 Å². The summed E-state index contributed by atoms with van der Waals surface area (Å²) in [5, 5.41) is 7.78. The number of nitrogens with zero attached hydrogens (tertiary/aromatic N) is 1. The predicted octanol–water partition coefficient (Wildman–Crippen LogP) is 2.24. The summed E-state index contributed by atoms with van der Waals surface area (Å²) in [5.74, 6) is 0.843. The number of nitrogens with one attached hydrogen (secondary N) is 3. The Morgan fingerprint density at radius 3 is 2.83 bits per heavy atom. The topological polar surface area (TPSA) is 52.2 Å². The van der Waals surface area contributed by atoms with Gasteiger partial charge >= 0.3 is 0 Å². The first kappa shape index (κ1) is 12.5. The number of aromatic amines is 1. The Morgan fingerprint density at radius 1 is 1.28 bits per heavy atom. The standard InChI is InChI=1S/C14H20N4/c1-3-8-16-14(15-2)17-10-12-9-11-6-4-5-7-13(11)18-12/h4-7,9,18H,3,8,10H2,1-2H3,(H2,15,16,17). The third-order valence-electron chi connectivity index (χ3n) is 2.80. The molecule has 18 heavy (non-hydrogen) atoms. The van der Waals surface area contributed by atoms with Crippen LogP contribution >= 0.6 is 0 Å². The molecule has 0 aliphatic heterocycles. The first-order chi connectivity index (χ1) is 8.83. The van der Waals surface area contributed by atoms with Crippen molar-refractivity contribution in [2.75, 3.05) is 13.6 Å². The summed E-state index contributed by atoms with van der Waals surface area (Å²) < 4.78 is 0. The fraction of sp³-hybridized carbons (Fsp3) is 0.357. The van der Waals surface area contributed by atoms with E-state index in [-0.39, 0.29) is 0 Å². The van der Waals surface area contributed by atoms with E-state index in [9.17, 15) is 0 Å². The summed E-state index contributed by atoms with van der Waals surface area (Å²) >= 11 is 0. The molecule has 0 bridgehead atoms. The molecule has 4 nitrogen and oxygen atoms in total. The second kappa shape index (κ2) is 6.10.